The molecule has 5 nitrogen and oxygen atoms in total. The van der Waals surface area contributed by atoms with Gasteiger partial charge >= 0.3 is 0 Å². The lowest BCUT2D eigenvalue weighted by molar-refractivity contribution is 0.0888. The van der Waals surface area contributed by atoms with Gasteiger partial charge < -0.3 is 20.1 Å². The molecule has 5 heteroatoms. The first-order valence-electron chi connectivity index (χ1n) is 9.38. The van der Waals surface area contributed by atoms with E-state index >= 15 is 0 Å². The standard InChI is InChI=1S/C18H35N3O2/c1-15-5-3-6-16(11-15)12-21-18(19-2)20-8-4-9-22-13-17-7-10-23-14-17/h15-17H,3-14H2,1-2H3,(H2,19,20,21). The second-order valence-electron chi connectivity index (χ2n) is 7.18. The Bertz CT molecular complexity index is 343. The molecule has 2 N–H and O–H groups in total. The second-order valence-corrected chi connectivity index (χ2v) is 7.18. The first-order valence-corrected chi connectivity index (χ1v) is 9.38. The zero-order chi connectivity index (χ0) is 16.3. The van der Waals surface area contributed by atoms with Gasteiger partial charge in [0.1, 0.15) is 0 Å². The third kappa shape index (κ3) is 7.53. The van der Waals surface area contributed by atoms with Crippen molar-refractivity contribution in [2.24, 2.45) is 22.7 Å². The van der Waals surface area contributed by atoms with Gasteiger partial charge in [-0.15, -0.1) is 0 Å². The highest BCUT2D eigenvalue weighted by atomic mass is 16.5. The summed E-state index contributed by atoms with van der Waals surface area (Å²) in [7, 11) is 1.84. The molecule has 23 heavy (non-hydrogen) atoms. The van der Waals surface area contributed by atoms with E-state index in [0.717, 1.165) is 70.2 Å². The molecule has 2 aliphatic rings. The molecular weight excluding hydrogens is 290 g/mol. The third-order valence-electron chi connectivity index (χ3n) is 4.96. The van der Waals surface area contributed by atoms with Crippen LogP contribution in [0.15, 0.2) is 4.99 Å². The van der Waals surface area contributed by atoms with Crippen LogP contribution in [0.2, 0.25) is 0 Å². The molecule has 1 saturated carbocycles. The molecule has 1 aliphatic carbocycles. The van der Waals surface area contributed by atoms with Crippen LogP contribution < -0.4 is 10.6 Å². The van der Waals surface area contributed by atoms with Crippen LogP contribution in [-0.2, 0) is 9.47 Å². The molecule has 0 aromatic carbocycles. The number of hydrogen-bond acceptors (Lipinski definition) is 3. The van der Waals surface area contributed by atoms with Crippen molar-refractivity contribution in [1.29, 1.82) is 0 Å². The molecule has 0 amide bonds. The maximum atomic E-state index is 5.72. The lowest BCUT2D eigenvalue weighted by atomic mass is 9.82. The molecule has 1 saturated heterocycles. The molecule has 3 atom stereocenters. The Hall–Kier alpha value is -0.810. The van der Waals surface area contributed by atoms with E-state index in [-0.39, 0.29) is 0 Å². The van der Waals surface area contributed by atoms with Gasteiger partial charge in [0.05, 0.1) is 13.2 Å². The Morgan fingerprint density at radius 1 is 1.22 bits per heavy atom. The fraction of sp³-hybridized carbons (Fsp3) is 0.944. The van der Waals surface area contributed by atoms with Crippen LogP contribution >= 0.6 is 0 Å². The van der Waals surface area contributed by atoms with Crippen molar-refractivity contribution in [2.75, 3.05) is 46.6 Å². The predicted octanol–water partition coefficient (Wildman–Crippen LogP) is 2.42. The number of hydrogen-bond donors (Lipinski definition) is 2. The summed E-state index contributed by atoms with van der Waals surface area (Å²) in [5.74, 6) is 3.21. The van der Waals surface area contributed by atoms with Crippen molar-refractivity contribution in [2.45, 2.75) is 45.4 Å². The highest BCUT2D eigenvalue weighted by molar-refractivity contribution is 5.79. The van der Waals surface area contributed by atoms with Gasteiger partial charge in [-0.05, 0) is 37.5 Å². The van der Waals surface area contributed by atoms with Gasteiger partial charge in [-0.1, -0.05) is 19.8 Å². The molecule has 3 unspecified atom stereocenters. The van der Waals surface area contributed by atoms with Gasteiger partial charge in [-0.3, -0.25) is 4.99 Å². The van der Waals surface area contributed by atoms with Gasteiger partial charge in [0, 0.05) is 39.3 Å². The fourth-order valence-electron chi connectivity index (χ4n) is 3.55. The topological polar surface area (TPSA) is 54.9 Å². The molecule has 134 valence electrons. The van der Waals surface area contributed by atoms with Crippen LogP contribution in [-0.4, -0.2) is 52.5 Å². The minimum atomic E-state index is 0.607. The van der Waals surface area contributed by atoms with Gasteiger partial charge in [0.15, 0.2) is 5.96 Å². The average Bonchev–Trinajstić information content (AvgIpc) is 3.07. The van der Waals surface area contributed by atoms with Crippen LogP contribution in [0, 0.1) is 17.8 Å². The molecule has 1 aliphatic heterocycles. The monoisotopic (exact) mass is 325 g/mol. The van der Waals surface area contributed by atoms with E-state index in [1.54, 1.807) is 0 Å². The molecular formula is C18H35N3O2. The van der Waals surface area contributed by atoms with Gasteiger partial charge in [-0.2, -0.15) is 0 Å². The van der Waals surface area contributed by atoms with Crippen molar-refractivity contribution in [3.63, 3.8) is 0 Å². The molecule has 0 aromatic heterocycles. The third-order valence-corrected chi connectivity index (χ3v) is 4.96. The van der Waals surface area contributed by atoms with E-state index in [9.17, 15) is 0 Å². The highest BCUT2D eigenvalue weighted by Gasteiger charge is 2.18. The number of aliphatic imine (C=N–C) groups is 1. The summed E-state index contributed by atoms with van der Waals surface area (Å²) in [4.78, 5) is 4.31. The minimum Gasteiger partial charge on any atom is -0.381 e. The zero-order valence-corrected chi connectivity index (χ0v) is 15.0. The summed E-state index contributed by atoms with van der Waals surface area (Å²) in [5.41, 5.74) is 0. The van der Waals surface area contributed by atoms with E-state index in [0.29, 0.717) is 5.92 Å². The van der Waals surface area contributed by atoms with E-state index in [4.69, 9.17) is 9.47 Å². The molecule has 0 bridgehead atoms. The van der Waals surface area contributed by atoms with Crippen LogP contribution in [0.5, 0.6) is 0 Å². The average molecular weight is 325 g/mol. The summed E-state index contributed by atoms with van der Waals surface area (Å²) >= 11 is 0. The van der Waals surface area contributed by atoms with Crippen LogP contribution in [0.4, 0.5) is 0 Å². The lowest BCUT2D eigenvalue weighted by Crippen LogP contribution is -2.41. The van der Waals surface area contributed by atoms with E-state index in [2.05, 4.69) is 22.5 Å². The van der Waals surface area contributed by atoms with Gasteiger partial charge in [0.2, 0.25) is 0 Å². The van der Waals surface area contributed by atoms with Crippen LogP contribution in [0.25, 0.3) is 0 Å². The minimum absolute atomic E-state index is 0.607. The summed E-state index contributed by atoms with van der Waals surface area (Å²) in [5, 5.41) is 6.86. The van der Waals surface area contributed by atoms with E-state index in [1.807, 2.05) is 7.05 Å². The van der Waals surface area contributed by atoms with E-state index in [1.165, 1.54) is 25.7 Å². The first-order chi connectivity index (χ1) is 11.3. The van der Waals surface area contributed by atoms with Crippen molar-refractivity contribution >= 4 is 5.96 Å². The SMILES string of the molecule is CN=C(NCCCOCC1CCOC1)NCC1CCCC(C)C1. The lowest BCUT2D eigenvalue weighted by Gasteiger charge is -2.27. The highest BCUT2D eigenvalue weighted by Crippen LogP contribution is 2.27. The van der Waals surface area contributed by atoms with E-state index < -0.39 is 0 Å². The zero-order valence-electron chi connectivity index (χ0n) is 15.0. The molecule has 1 heterocycles. The Balaban J connectivity index is 1.47. The Morgan fingerprint density at radius 3 is 2.87 bits per heavy atom. The summed E-state index contributed by atoms with van der Waals surface area (Å²) in [6.45, 7) is 7.74. The van der Waals surface area contributed by atoms with Crippen molar-refractivity contribution in [3.8, 4) is 0 Å². The summed E-state index contributed by atoms with van der Waals surface area (Å²) < 4.78 is 11.1. The van der Waals surface area contributed by atoms with Gasteiger partial charge in [-0.25, -0.2) is 0 Å². The second kappa shape index (κ2) is 10.9. The number of nitrogens with one attached hydrogen (secondary N) is 2. The molecule has 0 aromatic rings. The predicted molar refractivity (Wildman–Crippen MR) is 94.8 cm³/mol. The van der Waals surface area contributed by atoms with Crippen LogP contribution in [0.3, 0.4) is 0 Å². The quantitative estimate of drug-likeness (QED) is 0.409. The maximum absolute atomic E-state index is 5.72. The summed E-state index contributed by atoms with van der Waals surface area (Å²) in [6, 6.07) is 0. The van der Waals surface area contributed by atoms with Crippen molar-refractivity contribution in [1.82, 2.24) is 10.6 Å². The maximum Gasteiger partial charge on any atom is 0.190 e. The Morgan fingerprint density at radius 2 is 2.13 bits per heavy atom. The Labute approximate surface area is 141 Å². The van der Waals surface area contributed by atoms with Crippen LogP contribution in [0.1, 0.15) is 45.4 Å². The normalized spacial score (nSPS) is 28.8. The Kier molecular flexibility index (Phi) is 8.76. The number of ether oxygens (including phenoxy) is 2. The smallest absolute Gasteiger partial charge is 0.190 e. The summed E-state index contributed by atoms with van der Waals surface area (Å²) in [6.07, 6.45) is 7.64. The molecule has 0 spiro atoms. The van der Waals surface area contributed by atoms with Gasteiger partial charge in [0.25, 0.3) is 0 Å². The number of nitrogens with zero attached hydrogens (tertiary/aromatic N) is 1. The first kappa shape index (κ1) is 18.5. The van der Waals surface area contributed by atoms with Crippen molar-refractivity contribution in [3.05, 3.63) is 0 Å². The molecule has 2 rings (SSSR count). The number of guanidine groups is 1. The molecule has 2 fully saturated rings. The fourth-order valence-corrected chi connectivity index (χ4v) is 3.55. The molecule has 0 radical (unpaired) electrons. The number of rotatable bonds is 8. The largest absolute Gasteiger partial charge is 0.381 e. The van der Waals surface area contributed by atoms with Crippen molar-refractivity contribution < 1.29 is 9.47 Å².